The van der Waals surface area contributed by atoms with Crippen molar-refractivity contribution in [2.24, 2.45) is 5.92 Å². The molecule has 2 atom stereocenters. The van der Waals surface area contributed by atoms with Crippen LogP contribution in [0.15, 0.2) is 16.6 Å². The van der Waals surface area contributed by atoms with E-state index in [9.17, 15) is 9.59 Å². The lowest BCUT2D eigenvalue weighted by atomic mass is 10.0. The summed E-state index contributed by atoms with van der Waals surface area (Å²) in [5, 5.41) is 9.14. The number of aryl methyl sites for hydroxylation is 2. The highest BCUT2D eigenvalue weighted by Gasteiger charge is 2.38. The first-order valence-electron chi connectivity index (χ1n) is 6.63. The summed E-state index contributed by atoms with van der Waals surface area (Å²) >= 11 is 3.45. The fourth-order valence-electron chi connectivity index (χ4n) is 2.72. The van der Waals surface area contributed by atoms with Crippen molar-refractivity contribution < 1.29 is 14.7 Å². The lowest BCUT2D eigenvalue weighted by Gasteiger charge is -2.24. The first-order valence-corrected chi connectivity index (χ1v) is 7.42. The maximum absolute atomic E-state index is 12.6. The molecule has 108 valence electrons. The molecule has 0 spiro atoms. The average Bonchev–Trinajstić information content (AvgIpc) is 2.75. The zero-order valence-corrected chi connectivity index (χ0v) is 13.4. The molecule has 0 aromatic heterocycles. The molecule has 1 amide bonds. The Labute approximate surface area is 126 Å². The van der Waals surface area contributed by atoms with Gasteiger partial charge in [-0.15, -0.1) is 0 Å². The fourth-order valence-corrected chi connectivity index (χ4v) is 3.18. The standard InChI is InChI=1S/C15H18BrNO3/c1-8-7-13(16)9(2)6-12(8)14(18)17-5-4-11(10(17)3)15(19)20/h6-7,10-11H,4-5H2,1-3H3,(H,19,20). The van der Waals surface area contributed by atoms with Gasteiger partial charge in [0.05, 0.1) is 5.92 Å². The van der Waals surface area contributed by atoms with E-state index in [0.29, 0.717) is 18.5 Å². The topological polar surface area (TPSA) is 57.6 Å². The Bertz CT molecular complexity index is 570. The van der Waals surface area contributed by atoms with Gasteiger partial charge in [0.25, 0.3) is 5.91 Å². The summed E-state index contributed by atoms with van der Waals surface area (Å²) in [6.45, 7) is 6.15. The molecule has 2 unspecified atom stereocenters. The van der Waals surface area contributed by atoms with Crippen LogP contribution in [0.25, 0.3) is 0 Å². The third-order valence-electron chi connectivity index (χ3n) is 4.07. The smallest absolute Gasteiger partial charge is 0.308 e. The quantitative estimate of drug-likeness (QED) is 0.900. The van der Waals surface area contributed by atoms with E-state index in [1.54, 1.807) is 4.90 Å². The highest BCUT2D eigenvalue weighted by molar-refractivity contribution is 9.10. The first-order chi connectivity index (χ1) is 9.32. The van der Waals surface area contributed by atoms with E-state index in [-0.39, 0.29) is 11.9 Å². The molecule has 1 fully saturated rings. The van der Waals surface area contributed by atoms with Crippen LogP contribution >= 0.6 is 15.9 Å². The minimum atomic E-state index is -0.823. The van der Waals surface area contributed by atoms with Crippen LogP contribution in [0.1, 0.15) is 34.8 Å². The number of nitrogens with zero attached hydrogens (tertiary/aromatic N) is 1. The van der Waals surface area contributed by atoms with Crippen LogP contribution in [0.4, 0.5) is 0 Å². The summed E-state index contributed by atoms with van der Waals surface area (Å²) in [4.78, 5) is 25.4. The Balaban J connectivity index is 2.29. The second kappa shape index (κ2) is 5.56. The second-order valence-corrected chi connectivity index (χ2v) is 6.24. The number of hydrogen-bond acceptors (Lipinski definition) is 2. The Morgan fingerprint density at radius 2 is 1.95 bits per heavy atom. The lowest BCUT2D eigenvalue weighted by Crippen LogP contribution is -2.38. The number of likely N-dealkylation sites (tertiary alicyclic amines) is 1. The molecule has 1 N–H and O–H groups in total. The van der Waals surface area contributed by atoms with Crippen molar-refractivity contribution >= 4 is 27.8 Å². The normalized spacial score (nSPS) is 22.1. The van der Waals surface area contributed by atoms with E-state index in [1.807, 2.05) is 32.9 Å². The van der Waals surface area contributed by atoms with Crippen molar-refractivity contribution in [3.63, 3.8) is 0 Å². The zero-order chi connectivity index (χ0) is 15.0. The predicted molar refractivity (Wildman–Crippen MR) is 79.9 cm³/mol. The largest absolute Gasteiger partial charge is 0.481 e. The van der Waals surface area contributed by atoms with E-state index in [2.05, 4.69) is 15.9 Å². The van der Waals surface area contributed by atoms with Gasteiger partial charge in [0.2, 0.25) is 0 Å². The SMILES string of the molecule is Cc1cc(C(=O)N2CCC(C(=O)O)C2C)c(C)cc1Br. The Kier molecular flexibility index (Phi) is 4.18. The van der Waals surface area contributed by atoms with E-state index in [4.69, 9.17) is 5.11 Å². The summed E-state index contributed by atoms with van der Waals surface area (Å²) in [7, 11) is 0. The number of carboxylic acids is 1. The summed E-state index contributed by atoms with van der Waals surface area (Å²) in [5.74, 6) is -1.36. The van der Waals surface area contributed by atoms with Gasteiger partial charge >= 0.3 is 5.97 Å². The van der Waals surface area contributed by atoms with Crippen LogP contribution < -0.4 is 0 Å². The molecule has 0 saturated carbocycles. The molecule has 1 aromatic rings. The molecule has 20 heavy (non-hydrogen) atoms. The maximum Gasteiger partial charge on any atom is 0.308 e. The van der Waals surface area contributed by atoms with Crippen molar-refractivity contribution in [1.82, 2.24) is 4.90 Å². The summed E-state index contributed by atoms with van der Waals surface area (Å²) in [6, 6.07) is 3.53. The van der Waals surface area contributed by atoms with Gasteiger partial charge in [-0.05, 0) is 50.5 Å². The molecule has 5 heteroatoms. The molecule has 1 aliphatic rings. The van der Waals surface area contributed by atoms with Crippen LogP contribution in [0.5, 0.6) is 0 Å². The average molecular weight is 340 g/mol. The van der Waals surface area contributed by atoms with Gasteiger partial charge in [-0.1, -0.05) is 15.9 Å². The number of aliphatic carboxylic acids is 1. The van der Waals surface area contributed by atoms with Crippen molar-refractivity contribution in [1.29, 1.82) is 0 Å². The maximum atomic E-state index is 12.6. The van der Waals surface area contributed by atoms with Crippen molar-refractivity contribution in [3.8, 4) is 0 Å². The molecule has 1 aliphatic heterocycles. The summed E-state index contributed by atoms with van der Waals surface area (Å²) in [6.07, 6.45) is 0.525. The van der Waals surface area contributed by atoms with Crippen LogP contribution in [-0.2, 0) is 4.79 Å². The number of carbonyl (C=O) groups excluding carboxylic acids is 1. The van der Waals surface area contributed by atoms with Gasteiger partial charge in [-0.25, -0.2) is 0 Å². The lowest BCUT2D eigenvalue weighted by molar-refractivity contribution is -0.142. The van der Waals surface area contributed by atoms with Gasteiger partial charge in [0.15, 0.2) is 0 Å². The molecule has 4 nitrogen and oxygen atoms in total. The Morgan fingerprint density at radius 3 is 2.50 bits per heavy atom. The van der Waals surface area contributed by atoms with Gasteiger partial charge in [0.1, 0.15) is 0 Å². The second-order valence-electron chi connectivity index (χ2n) is 5.39. The molecular formula is C15H18BrNO3. The minimum Gasteiger partial charge on any atom is -0.481 e. The van der Waals surface area contributed by atoms with Crippen LogP contribution in [0, 0.1) is 19.8 Å². The number of rotatable bonds is 2. The Hall–Kier alpha value is -1.36. The fraction of sp³-hybridized carbons (Fsp3) is 0.467. The molecule has 1 aromatic carbocycles. The molecule has 0 aliphatic carbocycles. The van der Waals surface area contributed by atoms with Gasteiger partial charge in [-0.3, -0.25) is 9.59 Å². The Morgan fingerprint density at radius 1 is 1.30 bits per heavy atom. The minimum absolute atomic E-state index is 0.0747. The summed E-state index contributed by atoms with van der Waals surface area (Å²) in [5.41, 5.74) is 2.56. The predicted octanol–water partition coefficient (Wildman–Crippen LogP) is 3.00. The number of amides is 1. The molecule has 0 radical (unpaired) electrons. The van der Waals surface area contributed by atoms with Gasteiger partial charge in [-0.2, -0.15) is 0 Å². The first kappa shape index (κ1) is 15.0. The van der Waals surface area contributed by atoms with Crippen LogP contribution in [-0.4, -0.2) is 34.5 Å². The third-order valence-corrected chi connectivity index (χ3v) is 4.92. The van der Waals surface area contributed by atoms with E-state index in [0.717, 1.165) is 15.6 Å². The highest BCUT2D eigenvalue weighted by atomic mass is 79.9. The van der Waals surface area contributed by atoms with Crippen LogP contribution in [0.2, 0.25) is 0 Å². The van der Waals surface area contributed by atoms with E-state index >= 15 is 0 Å². The molecule has 1 heterocycles. The van der Waals surface area contributed by atoms with Gasteiger partial charge < -0.3 is 10.0 Å². The highest BCUT2D eigenvalue weighted by Crippen LogP contribution is 2.28. The number of halogens is 1. The third kappa shape index (κ3) is 2.59. The van der Waals surface area contributed by atoms with Crippen molar-refractivity contribution in [3.05, 3.63) is 33.3 Å². The number of benzene rings is 1. The van der Waals surface area contributed by atoms with Crippen molar-refractivity contribution in [2.45, 2.75) is 33.2 Å². The summed E-state index contributed by atoms with van der Waals surface area (Å²) < 4.78 is 0.976. The van der Waals surface area contributed by atoms with Crippen LogP contribution in [0.3, 0.4) is 0 Å². The molecule has 0 bridgehead atoms. The van der Waals surface area contributed by atoms with E-state index in [1.165, 1.54) is 0 Å². The monoisotopic (exact) mass is 339 g/mol. The van der Waals surface area contributed by atoms with Gasteiger partial charge in [0, 0.05) is 22.6 Å². The van der Waals surface area contributed by atoms with E-state index < -0.39 is 11.9 Å². The van der Waals surface area contributed by atoms with Crippen molar-refractivity contribution in [2.75, 3.05) is 6.54 Å². The number of carbonyl (C=O) groups is 2. The molecular weight excluding hydrogens is 322 g/mol. The zero-order valence-electron chi connectivity index (χ0n) is 11.8. The molecule has 1 saturated heterocycles. The molecule has 2 rings (SSSR count). The number of hydrogen-bond donors (Lipinski definition) is 1. The number of carboxylic acid groups (broad SMARTS) is 1.